The van der Waals surface area contributed by atoms with Crippen LogP contribution in [0.1, 0.15) is 37.1 Å². The number of benzene rings is 2. The van der Waals surface area contributed by atoms with Gasteiger partial charge >= 0.3 is 0 Å². The van der Waals surface area contributed by atoms with Crippen LogP contribution in [-0.2, 0) is 4.79 Å². The maximum atomic E-state index is 13.0. The molecule has 6 nitrogen and oxygen atoms in total. The molecule has 4 atom stereocenters. The Bertz CT molecular complexity index is 783. The molecule has 0 bridgehead atoms. The molecule has 1 heterocycles. The molecule has 1 aliphatic rings. The summed E-state index contributed by atoms with van der Waals surface area (Å²) in [6.07, 6.45) is 0. The SMILES string of the molecule is COc1cccc([C@H]2N[C@@H](c3cccc(OC)c3O)[C@@H](C)C(=O)[C@@H]2C)c1O. The number of Topliss-reactive ketones (excluding diaryl/α,β-unsaturated/α-hetero) is 1. The maximum Gasteiger partial charge on any atom is 0.162 e. The Kier molecular flexibility index (Phi) is 5.28. The van der Waals surface area contributed by atoms with Crippen LogP contribution < -0.4 is 14.8 Å². The Hall–Kier alpha value is -2.73. The van der Waals surface area contributed by atoms with Gasteiger partial charge in [-0.05, 0) is 12.1 Å². The number of hydrogen-bond donors (Lipinski definition) is 3. The van der Waals surface area contributed by atoms with Gasteiger partial charge in [0.25, 0.3) is 0 Å². The Morgan fingerprint density at radius 3 is 1.59 bits per heavy atom. The highest BCUT2D eigenvalue weighted by Crippen LogP contribution is 2.45. The zero-order valence-corrected chi connectivity index (χ0v) is 15.9. The monoisotopic (exact) mass is 371 g/mol. The third kappa shape index (κ3) is 3.21. The fourth-order valence-corrected chi connectivity index (χ4v) is 3.85. The first kappa shape index (κ1) is 19.0. The first-order chi connectivity index (χ1) is 12.9. The lowest BCUT2D eigenvalue weighted by Crippen LogP contribution is -2.46. The molecule has 6 heteroatoms. The van der Waals surface area contributed by atoms with Gasteiger partial charge in [-0.3, -0.25) is 4.79 Å². The van der Waals surface area contributed by atoms with Gasteiger partial charge in [-0.25, -0.2) is 0 Å². The van der Waals surface area contributed by atoms with E-state index in [0.29, 0.717) is 22.6 Å². The minimum atomic E-state index is -0.417. The van der Waals surface area contributed by atoms with Gasteiger partial charge in [-0.15, -0.1) is 0 Å². The zero-order valence-electron chi connectivity index (χ0n) is 15.9. The maximum absolute atomic E-state index is 13.0. The molecular formula is C21H25NO5. The smallest absolute Gasteiger partial charge is 0.162 e. The van der Waals surface area contributed by atoms with Crippen molar-refractivity contribution < 1.29 is 24.5 Å². The van der Waals surface area contributed by atoms with Crippen LogP contribution in [0.2, 0.25) is 0 Å². The lowest BCUT2D eigenvalue weighted by molar-refractivity contribution is -0.130. The molecular weight excluding hydrogens is 346 g/mol. The second-order valence-electron chi connectivity index (χ2n) is 6.90. The summed E-state index contributed by atoms with van der Waals surface area (Å²) in [6, 6.07) is 9.62. The molecule has 2 aromatic rings. The lowest BCUT2D eigenvalue weighted by atomic mass is 9.76. The van der Waals surface area contributed by atoms with Crippen molar-refractivity contribution in [1.29, 1.82) is 0 Å². The van der Waals surface area contributed by atoms with Crippen molar-refractivity contribution in [3.8, 4) is 23.0 Å². The number of carbonyl (C=O) groups is 1. The Morgan fingerprint density at radius 2 is 1.22 bits per heavy atom. The van der Waals surface area contributed by atoms with Gasteiger partial charge in [0.1, 0.15) is 5.78 Å². The van der Waals surface area contributed by atoms with Crippen LogP contribution in [0.15, 0.2) is 36.4 Å². The summed E-state index contributed by atoms with van der Waals surface area (Å²) in [6.45, 7) is 3.69. The number of nitrogens with one attached hydrogen (secondary N) is 1. The molecule has 3 rings (SSSR count). The van der Waals surface area contributed by atoms with E-state index in [-0.39, 0.29) is 29.1 Å². The van der Waals surface area contributed by atoms with Gasteiger partial charge in [0.15, 0.2) is 23.0 Å². The fraction of sp³-hybridized carbons (Fsp3) is 0.381. The van der Waals surface area contributed by atoms with Crippen molar-refractivity contribution >= 4 is 5.78 Å². The average Bonchev–Trinajstić information content (AvgIpc) is 2.68. The molecule has 0 aliphatic carbocycles. The summed E-state index contributed by atoms with van der Waals surface area (Å²) in [4.78, 5) is 13.0. The van der Waals surface area contributed by atoms with Gasteiger partial charge in [0.2, 0.25) is 0 Å². The summed E-state index contributed by atoms with van der Waals surface area (Å²) in [5.74, 6) is 0.111. The van der Waals surface area contributed by atoms with Crippen molar-refractivity contribution in [3.05, 3.63) is 47.5 Å². The average molecular weight is 371 g/mol. The Morgan fingerprint density at radius 1 is 0.815 bits per heavy atom. The molecule has 1 aliphatic heterocycles. The van der Waals surface area contributed by atoms with E-state index < -0.39 is 12.1 Å². The van der Waals surface area contributed by atoms with Crippen LogP contribution >= 0.6 is 0 Å². The molecule has 27 heavy (non-hydrogen) atoms. The van der Waals surface area contributed by atoms with Crippen LogP contribution in [0.5, 0.6) is 23.0 Å². The predicted octanol–water partition coefficient (Wildman–Crippen LogP) is 3.34. The van der Waals surface area contributed by atoms with Gasteiger partial charge in [-0.2, -0.15) is 0 Å². The number of hydrogen-bond acceptors (Lipinski definition) is 6. The van der Waals surface area contributed by atoms with Crippen LogP contribution in [0, 0.1) is 11.8 Å². The van der Waals surface area contributed by atoms with E-state index in [4.69, 9.17) is 9.47 Å². The lowest BCUT2D eigenvalue weighted by Gasteiger charge is -2.40. The minimum Gasteiger partial charge on any atom is -0.504 e. The second kappa shape index (κ2) is 7.48. The third-order valence-electron chi connectivity index (χ3n) is 5.43. The van der Waals surface area contributed by atoms with E-state index in [1.807, 2.05) is 13.8 Å². The number of para-hydroxylation sites is 2. The minimum absolute atomic E-state index is 0.0142. The molecule has 0 unspecified atom stereocenters. The molecule has 2 aromatic carbocycles. The van der Waals surface area contributed by atoms with E-state index in [1.165, 1.54) is 14.2 Å². The van der Waals surface area contributed by atoms with Crippen molar-refractivity contribution in [3.63, 3.8) is 0 Å². The topological polar surface area (TPSA) is 88.0 Å². The van der Waals surface area contributed by atoms with E-state index >= 15 is 0 Å². The molecule has 144 valence electrons. The number of rotatable bonds is 4. The third-order valence-corrected chi connectivity index (χ3v) is 5.43. The summed E-state index contributed by atoms with van der Waals surface area (Å²) in [7, 11) is 2.97. The van der Waals surface area contributed by atoms with E-state index in [1.54, 1.807) is 36.4 Å². The Balaban J connectivity index is 2.05. The molecule has 0 amide bonds. The molecule has 3 N–H and O–H groups in total. The standard InChI is InChI=1S/C21H25NO5/c1-11-17(13-7-5-9-15(26-3)20(13)24)22-18(12(2)19(11)23)14-8-6-10-16(27-4)21(14)25/h5-12,17-18,22,24-25H,1-4H3/t11-,12-,17-,18+/m1/s1. The van der Waals surface area contributed by atoms with Crippen LogP contribution in [-0.4, -0.2) is 30.2 Å². The largest absolute Gasteiger partial charge is 0.504 e. The highest BCUT2D eigenvalue weighted by molar-refractivity contribution is 5.86. The number of ketones is 1. The highest BCUT2D eigenvalue weighted by Gasteiger charge is 2.42. The molecule has 0 spiro atoms. The fourth-order valence-electron chi connectivity index (χ4n) is 3.85. The van der Waals surface area contributed by atoms with Crippen LogP contribution in [0.4, 0.5) is 0 Å². The first-order valence-electron chi connectivity index (χ1n) is 8.92. The molecule has 1 fully saturated rings. The van der Waals surface area contributed by atoms with Gasteiger partial charge in [0.05, 0.1) is 14.2 Å². The van der Waals surface area contributed by atoms with Crippen molar-refractivity contribution in [2.75, 3.05) is 14.2 Å². The molecule has 0 saturated carbocycles. The second-order valence-corrected chi connectivity index (χ2v) is 6.90. The number of carbonyl (C=O) groups excluding carboxylic acids is 1. The summed E-state index contributed by atoms with van der Waals surface area (Å²) in [5.41, 5.74) is 1.18. The number of phenolic OH excluding ortho intramolecular Hbond substituents is 2. The molecule has 1 saturated heterocycles. The predicted molar refractivity (Wildman–Crippen MR) is 101 cm³/mol. The number of ether oxygens (including phenoxy) is 2. The number of aromatic hydroxyl groups is 2. The van der Waals surface area contributed by atoms with Gasteiger partial charge in [-0.1, -0.05) is 38.1 Å². The molecule has 0 aromatic heterocycles. The number of methoxy groups -OCH3 is 2. The first-order valence-corrected chi connectivity index (χ1v) is 8.92. The van der Waals surface area contributed by atoms with Crippen LogP contribution in [0.25, 0.3) is 0 Å². The number of piperidine rings is 1. The molecule has 0 radical (unpaired) electrons. The zero-order chi connectivity index (χ0) is 19.7. The summed E-state index contributed by atoms with van der Waals surface area (Å²) in [5, 5.41) is 24.6. The van der Waals surface area contributed by atoms with E-state index in [0.717, 1.165) is 0 Å². The van der Waals surface area contributed by atoms with E-state index in [9.17, 15) is 15.0 Å². The van der Waals surface area contributed by atoms with E-state index in [2.05, 4.69) is 5.32 Å². The van der Waals surface area contributed by atoms with Crippen molar-refractivity contribution in [2.24, 2.45) is 11.8 Å². The Labute approximate surface area is 158 Å². The summed E-state index contributed by atoms with van der Waals surface area (Å²) < 4.78 is 10.4. The summed E-state index contributed by atoms with van der Waals surface area (Å²) >= 11 is 0. The quantitative estimate of drug-likeness (QED) is 0.764. The van der Waals surface area contributed by atoms with Gasteiger partial charge < -0.3 is 25.0 Å². The van der Waals surface area contributed by atoms with Crippen molar-refractivity contribution in [2.45, 2.75) is 25.9 Å². The number of phenols is 2. The van der Waals surface area contributed by atoms with Crippen LogP contribution in [0.3, 0.4) is 0 Å². The van der Waals surface area contributed by atoms with Gasteiger partial charge in [0, 0.05) is 35.0 Å². The normalized spacial score (nSPS) is 25.3. The van der Waals surface area contributed by atoms with Crippen molar-refractivity contribution in [1.82, 2.24) is 5.32 Å². The highest BCUT2D eigenvalue weighted by atomic mass is 16.5.